The van der Waals surface area contributed by atoms with E-state index in [2.05, 4.69) is 28.3 Å². The molecule has 28 heavy (non-hydrogen) atoms. The van der Waals surface area contributed by atoms with Crippen LogP contribution in [-0.2, 0) is 0 Å². The number of rotatable bonds is 6. The lowest BCUT2D eigenvalue weighted by atomic mass is 9.84. The lowest BCUT2D eigenvalue weighted by Crippen LogP contribution is -2.58. The van der Waals surface area contributed by atoms with Crippen molar-refractivity contribution in [3.63, 3.8) is 0 Å². The molecule has 0 radical (unpaired) electrons. The Morgan fingerprint density at radius 3 is 2.82 bits per heavy atom. The number of hydrogen-bond acceptors (Lipinski definition) is 7. The van der Waals surface area contributed by atoms with Gasteiger partial charge in [0.15, 0.2) is 5.60 Å². The number of Topliss-reactive ketones (excluding diaryl/α,β-unsaturated/α-hetero) is 1. The number of piperidine rings is 1. The molecule has 2 atom stereocenters. The van der Waals surface area contributed by atoms with Crippen LogP contribution in [0.15, 0.2) is 30.6 Å². The van der Waals surface area contributed by atoms with Gasteiger partial charge in [0.25, 0.3) is 0 Å². The van der Waals surface area contributed by atoms with Crippen molar-refractivity contribution in [1.29, 1.82) is 5.26 Å². The van der Waals surface area contributed by atoms with Crippen LogP contribution < -0.4 is 14.8 Å². The zero-order valence-corrected chi connectivity index (χ0v) is 16.4. The van der Waals surface area contributed by atoms with E-state index in [9.17, 15) is 10.1 Å². The summed E-state index contributed by atoms with van der Waals surface area (Å²) in [6, 6.07) is 7.46. The van der Waals surface area contributed by atoms with Crippen molar-refractivity contribution in [3.05, 3.63) is 47.3 Å². The monoisotopic (exact) mass is 380 g/mol. The Morgan fingerprint density at radius 2 is 2.14 bits per heavy atom. The van der Waals surface area contributed by atoms with E-state index in [0.29, 0.717) is 48.0 Å². The third kappa shape index (κ3) is 3.82. The van der Waals surface area contributed by atoms with E-state index >= 15 is 0 Å². The van der Waals surface area contributed by atoms with Gasteiger partial charge in [0.1, 0.15) is 0 Å². The van der Waals surface area contributed by atoms with Gasteiger partial charge in [-0.15, -0.1) is 0 Å². The molecule has 0 unspecified atom stereocenters. The number of carbonyl (C=O) groups is 1. The minimum atomic E-state index is -1.15. The fraction of sp³-hybridized carbons (Fsp3) is 0.429. The van der Waals surface area contributed by atoms with Gasteiger partial charge in [-0.05, 0) is 51.8 Å². The molecule has 3 heterocycles. The molecule has 1 aliphatic rings. The fourth-order valence-corrected chi connectivity index (χ4v) is 3.29. The number of nitrogens with zero attached hydrogens (tertiary/aromatic N) is 3. The summed E-state index contributed by atoms with van der Waals surface area (Å²) >= 11 is 0. The molecule has 1 N–H and O–H groups in total. The Morgan fingerprint density at radius 1 is 1.36 bits per heavy atom. The van der Waals surface area contributed by atoms with E-state index in [-0.39, 0.29) is 11.8 Å². The summed E-state index contributed by atoms with van der Waals surface area (Å²) < 4.78 is 11.8. The van der Waals surface area contributed by atoms with Gasteiger partial charge >= 0.3 is 0 Å². The number of ether oxygens (including phenoxy) is 2. The van der Waals surface area contributed by atoms with Crippen LogP contribution in [0, 0.1) is 18.3 Å². The first-order valence-corrected chi connectivity index (χ1v) is 9.41. The van der Waals surface area contributed by atoms with Crippen LogP contribution in [0.1, 0.15) is 48.2 Å². The Hall–Kier alpha value is -2.98. The van der Waals surface area contributed by atoms with E-state index in [4.69, 9.17) is 9.47 Å². The normalized spacial score (nSPS) is 21.6. The lowest BCUT2D eigenvalue weighted by Gasteiger charge is -2.39. The van der Waals surface area contributed by atoms with Crippen LogP contribution >= 0.6 is 0 Å². The summed E-state index contributed by atoms with van der Waals surface area (Å²) in [6.07, 6.45) is 4.41. The molecule has 0 spiro atoms. The first kappa shape index (κ1) is 19.8. The molecule has 0 saturated carbocycles. The van der Waals surface area contributed by atoms with Crippen molar-refractivity contribution in [2.45, 2.75) is 45.3 Å². The highest BCUT2D eigenvalue weighted by atomic mass is 16.5. The predicted molar refractivity (Wildman–Crippen MR) is 103 cm³/mol. The molecule has 0 aromatic carbocycles. The van der Waals surface area contributed by atoms with Crippen LogP contribution in [-0.4, -0.2) is 40.5 Å². The van der Waals surface area contributed by atoms with Gasteiger partial charge in [-0.1, -0.05) is 0 Å². The van der Waals surface area contributed by atoms with Gasteiger partial charge < -0.3 is 14.8 Å². The fourth-order valence-electron chi connectivity index (χ4n) is 3.29. The summed E-state index contributed by atoms with van der Waals surface area (Å²) in [7, 11) is 0. The number of carbonyl (C=O) groups excluding carboxylic acids is 1. The average Bonchev–Trinajstić information content (AvgIpc) is 2.71. The second kappa shape index (κ2) is 8.36. The van der Waals surface area contributed by atoms with Crippen molar-refractivity contribution in [3.8, 4) is 17.8 Å². The van der Waals surface area contributed by atoms with Crippen molar-refractivity contribution in [2.75, 3.05) is 13.2 Å². The first-order valence-electron chi connectivity index (χ1n) is 9.41. The Balaban J connectivity index is 2.02. The standard InChI is InChI=1S/C21H24N4O3/c1-4-27-20-17(6-5-10-23-20)18(26)21(9-7-14(2)25-13-21)28-19-15(3)16(12-22)8-11-24-19/h5-6,8,10-11,14,25H,4,7,9,13H2,1-3H3/t14-,21-/m1/s1. The van der Waals surface area contributed by atoms with E-state index in [0.717, 1.165) is 6.42 Å². The summed E-state index contributed by atoms with van der Waals surface area (Å²) in [5, 5.41) is 12.6. The van der Waals surface area contributed by atoms with Crippen molar-refractivity contribution in [1.82, 2.24) is 15.3 Å². The minimum Gasteiger partial charge on any atom is -0.477 e. The number of nitrogens with one attached hydrogen (secondary N) is 1. The molecule has 1 fully saturated rings. The molecular weight excluding hydrogens is 356 g/mol. The molecule has 3 rings (SSSR count). The van der Waals surface area contributed by atoms with Crippen LogP contribution in [0.25, 0.3) is 0 Å². The highest BCUT2D eigenvalue weighted by Crippen LogP contribution is 2.33. The number of pyridine rings is 2. The van der Waals surface area contributed by atoms with Gasteiger partial charge in [-0.25, -0.2) is 9.97 Å². The maximum atomic E-state index is 13.6. The number of ketones is 1. The molecule has 2 aromatic heterocycles. The quantitative estimate of drug-likeness (QED) is 0.770. The second-order valence-corrected chi connectivity index (χ2v) is 6.94. The van der Waals surface area contributed by atoms with E-state index < -0.39 is 5.60 Å². The van der Waals surface area contributed by atoms with Crippen molar-refractivity contribution < 1.29 is 14.3 Å². The molecule has 2 aromatic rings. The molecule has 0 aliphatic carbocycles. The number of aromatic nitrogens is 2. The van der Waals surface area contributed by atoms with Crippen molar-refractivity contribution in [2.24, 2.45) is 0 Å². The smallest absolute Gasteiger partial charge is 0.224 e. The summed E-state index contributed by atoms with van der Waals surface area (Å²) in [4.78, 5) is 22.1. The molecule has 7 heteroatoms. The molecule has 1 saturated heterocycles. The van der Waals surface area contributed by atoms with Crippen LogP contribution in [0.2, 0.25) is 0 Å². The third-order valence-electron chi connectivity index (χ3n) is 5.00. The van der Waals surface area contributed by atoms with E-state index in [1.807, 2.05) is 6.92 Å². The predicted octanol–water partition coefficient (Wildman–Crippen LogP) is 2.83. The molecular formula is C21H24N4O3. The largest absolute Gasteiger partial charge is 0.477 e. The molecule has 0 amide bonds. The van der Waals surface area contributed by atoms with E-state index in [1.165, 1.54) is 6.20 Å². The maximum absolute atomic E-state index is 13.6. The van der Waals surface area contributed by atoms with Gasteiger partial charge in [-0.2, -0.15) is 5.26 Å². The topological polar surface area (TPSA) is 97.1 Å². The number of nitriles is 1. The number of hydrogen-bond donors (Lipinski definition) is 1. The van der Waals surface area contributed by atoms with E-state index in [1.54, 1.807) is 31.3 Å². The van der Waals surface area contributed by atoms with Crippen LogP contribution in [0.5, 0.6) is 11.8 Å². The van der Waals surface area contributed by atoms with Crippen LogP contribution in [0.3, 0.4) is 0 Å². The SMILES string of the molecule is CCOc1ncccc1C(=O)[C@@]1(Oc2nccc(C#N)c2C)CC[C@@H](C)NC1. The zero-order chi connectivity index (χ0) is 20.1. The Bertz CT molecular complexity index is 899. The summed E-state index contributed by atoms with van der Waals surface area (Å²) in [5.41, 5.74) is 0.329. The average molecular weight is 380 g/mol. The Kier molecular flexibility index (Phi) is 5.90. The highest BCUT2D eigenvalue weighted by Gasteiger charge is 2.45. The molecule has 7 nitrogen and oxygen atoms in total. The minimum absolute atomic E-state index is 0.202. The maximum Gasteiger partial charge on any atom is 0.224 e. The van der Waals surface area contributed by atoms with Gasteiger partial charge in [-0.3, -0.25) is 4.79 Å². The van der Waals surface area contributed by atoms with Crippen LogP contribution in [0.4, 0.5) is 0 Å². The van der Waals surface area contributed by atoms with Gasteiger partial charge in [0, 0.05) is 30.5 Å². The zero-order valence-electron chi connectivity index (χ0n) is 16.4. The summed E-state index contributed by atoms with van der Waals surface area (Å²) in [6.45, 7) is 6.44. The Labute approximate surface area is 164 Å². The van der Waals surface area contributed by atoms with Gasteiger partial charge in [0.2, 0.25) is 17.5 Å². The highest BCUT2D eigenvalue weighted by molar-refractivity contribution is 6.04. The molecule has 1 aliphatic heterocycles. The summed E-state index contributed by atoms with van der Waals surface area (Å²) in [5.74, 6) is 0.393. The second-order valence-electron chi connectivity index (χ2n) is 6.94. The lowest BCUT2D eigenvalue weighted by molar-refractivity contribution is 0.0257. The first-order chi connectivity index (χ1) is 13.5. The molecule has 146 valence electrons. The van der Waals surface area contributed by atoms with Gasteiger partial charge in [0.05, 0.1) is 23.8 Å². The molecule has 0 bridgehead atoms. The third-order valence-corrected chi connectivity index (χ3v) is 5.00. The van der Waals surface area contributed by atoms with Crippen molar-refractivity contribution >= 4 is 5.78 Å².